The third-order valence-electron chi connectivity index (χ3n) is 3.14. The fraction of sp³-hybridized carbons (Fsp3) is 0.357. The molecule has 1 heterocycles. The summed E-state index contributed by atoms with van der Waals surface area (Å²) in [5, 5.41) is 8.41. The van der Waals surface area contributed by atoms with E-state index in [4.69, 9.17) is 11.6 Å². The average molecular weight is 264 g/mol. The summed E-state index contributed by atoms with van der Waals surface area (Å²) in [4.78, 5) is 0. The van der Waals surface area contributed by atoms with Gasteiger partial charge in [-0.15, -0.1) is 0 Å². The Hall–Kier alpha value is -1.32. The zero-order valence-electron chi connectivity index (χ0n) is 11.2. The fourth-order valence-electron chi connectivity index (χ4n) is 2.36. The van der Waals surface area contributed by atoms with Gasteiger partial charge in [0.25, 0.3) is 0 Å². The van der Waals surface area contributed by atoms with Gasteiger partial charge >= 0.3 is 0 Å². The van der Waals surface area contributed by atoms with Crippen LogP contribution in [0.25, 0.3) is 0 Å². The van der Waals surface area contributed by atoms with E-state index in [0.29, 0.717) is 0 Å². The minimum absolute atomic E-state index is 0.106. The van der Waals surface area contributed by atoms with E-state index in [1.165, 1.54) is 11.3 Å². The third kappa shape index (κ3) is 2.42. The van der Waals surface area contributed by atoms with Crippen molar-refractivity contribution in [3.8, 4) is 0 Å². The molecular weight excluding hydrogens is 246 g/mol. The van der Waals surface area contributed by atoms with Crippen molar-refractivity contribution in [2.24, 2.45) is 7.05 Å². The standard InChI is InChI=1S/C14H18ClN3/c1-9-5-11(7-12(15)6-9)13(16-3)14-10(2)8-17-18(14)4/h5-8,13,16H,1-4H3. The zero-order valence-corrected chi connectivity index (χ0v) is 11.9. The van der Waals surface area contributed by atoms with Gasteiger partial charge in [-0.3, -0.25) is 4.68 Å². The molecule has 0 saturated heterocycles. The summed E-state index contributed by atoms with van der Waals surface area (Å²) < 4.78 is 1.91. The molecule has 4 heteroatoms. The molecule has 0 amide bonds. The van der Waals surface area contributed by atoms with Crippen molar-refractivity contribution in [1.82, 2.24) is 15.1 Å². The van der Waals surface area contributed by atoms with Crippen molar-refractivity contribution in [1.29, 1.82) is 0 Å². The predicted molar refractivity (Wildman–Crippen MR) is 75.0 cm³/mol. The van der Waals surface area contributed by atoms with Gasteiger partial charge < -0.3 is 5.32 Å². The summed E-state index contributed by atoms with van der Waals surface area (Å²) >= 11 is 6.14. The van der Waals surface area contributed by atoms with Crippen molar-refractivity contribution >= 4 is 11.6 Å². The number of benzene rings is 1. The summed E-state index contributed by atoms with van der Waals surface area (Å²) in [6.07, 6.45) is 1.89. The van der Waals surface area contributed by atoms with Crippen LogP contribution in [0.5, 0.6) is 0 Å². The number of aryl methyl sites for hydroxylation is 3. The molecule has 2 rings (SSSR count). The molecule has 0 spiro atoms. The van der Waals surface area contributed by atoms with Crippen LogP contribution in [0.3, 0.4) is 0 Å². The van der Waals surface area contributed by atoms with Crippen LogP contribution in [0.15, 0.2) is 24.4 Å². The summed E-state index contributed by atoms with van der Waals surface area (Å²) in [6, 6.07) is 6.23. The maximum Gasteiger partial charge on any atom is 0.0749 e. The lowest BCUT2D eigenvalue weighted by Crippen LogP contribution is -2.21. The third-order valence-corrected chi connectivity index (χ3v) is 3.36. The molecule has 3 nitrogen and oxygen atoms in total. The number of hydrogen-bond donors (Lipinski definition) is 1. The molecule has 0 fully saturated rings. The Balaban J connectivity index is 2.52. The van der Waals surface area contributed by atoms with Gasteiger partial charge in [0.15, 0.2) is 0 Å². The maximum atomic E-state index is 6.14. The van der Waals surface area contributed by atoms with Crippen LogP contribution in [0.2, 0.25) is 5.02 Å². The van der Waals surface area contributed by atoms with Crippen LogP contribution in [0.1, 0.15) is 28.4 Å². The van der Waals surface area contributed by atoms with Crippen LogP contribution in [-0.4, -0.2) is 16.8 Å². The molecule has 18 heavy (non-hydrogen) atoms. The van der Waals surface area contributed by atoms with E-state index in [2.05, 4.69) is 30.3 Å². The van der Waals surface area contributed by atoms with Gasteiger partial charge in [0.1, 0.15) is 0 Å². The molecule has 2 aromatic rings. The number of nitrogens with zero attached hydrogens (tertiary/aromatic N) is 2. The van der Waals surface area contributed by atoms with Crippen molar-refractivity contribution in [2.75, 3.05) is 7.05 Å². The Bertz CT molecular complexity index is 520. The van der Waals surface area contributed by atoms with Gasteiger partial charge in [-0.25, -0.2) is 0 Å². The van der Waals surface area contributed by atoms with Crippen LogP contribution < -0.4 is 5.32 Å². The van der Waals surface area contributed by atoms with E-state index in [-0.39, 0.29) is 6.04 Å². The van der Waals surface area contributed by atoms with Gasteiger partial charge in [0.05, 0.1) is 17.9 Å². The Morgan fingerprint density at radius 1 is 1.28 bits per heavy atom. The van der Waals surface area contributed by atoms with E-state index < -0.39 is 0 Å². The maximum absolute atomic E-state index is 6.14. The van der Waals surface area contributed by atoms with E-state index in [0.717, 1.165) is 16.1 Å². The Morgan fingerprint density at radius 2 is 2.00 bits per heavy atom. The number of nitrogens with one attached hydrogen (secondary N) is 1. The molecule has 0 bridgehead atoms. The molecule has 0 saturated carbocycles. The van der Waals surface area contributed by atoms with Crippen molar-refractivity contribution in [3.63, 3.8) is 0 Å². The molecule has 0 aliphatic heterocycles. The second-order valence-electron chi connectivity index (χ2n) is 4.62. The zero-order chi connectivity index (χ0) is 13.3. The minimum Gasteiger partial charge on any atom is -0.308 e. The van der Waals surface area contributed by atoms with Crippen molar-refractivity contribution < 1.29 is 0 Å². The second kappa shape index (κ2) is 5.12. The Morgan fingerprint density at radius 3 is 2.50 bits per heavy atom. The highest BCUT2D eigenvalue weighted by atomic mass is 35.5. The smallest absolute Gasteiger partial charge is 0.0749 e. The van der Waals surface area contributed by atoms with Crippen LogP contribution in [-0.2, 0) is 7.05 Å². The van der Waals surface area contributed by atoms with Crippen LogP contribution in [0.4, 0.5) is 0 Å². The topological polar surface area (TPSA) is 29.9 Å². The first kappa shape index (κ1) is 13.1. The van der Waals surface area contributed by atoms with E-state index in [1.807, 2.05) is 37.1 Å². The second-order valence-corrected chi connectivity index (χ2v) is 5.06. The molecular formula is C14H18ClN3. The Kier molecular flexibility index (Phi) is 3.73. The molecule has 1 aromatic heterocycles. The van der Waals surface area contributed by atoms with E-state index in [9.17, 15) is 0 Å². The van der Waals surface area contributed by atoms with Crippen molar-refractivity contribution in [2.45, 2.75) is 19.9 Å². The molecule has 0 radical (unpaired) electrons. The lowest BCUT2D eigenvalue weighted by atomic mass is 9.99. The Labute approximate surface area is 113 Å². The van der Waals surface area contributed by atoms with Gasteiger partial charge in [0.2, 0.25) is 0 Å². The number of aromatic nitrogens is 2. The summed E-state index contributed by atoms with van der Waals surface area (Å²) in [5.74, 6) is 0. The van der Waals surface area contributed by atoms with Crippen LogP contribution >= 0.6 is 11.6 Å². The number of halogens is 1. The number of hydrogen-bond acceptors (Lipinski definition) is 2. The molecule has 1 atom stereocenters. The molecule has 0 aliphatic carbocycles. The van der Waals surface area contributed by atoms with Gasteiger partial charge in [-0.1, -0.05) is 17.7 Å². The predicted octanol–water partition coefficient (Wildman–Crippen LogP) is 3.00. The van der Waals surface area contributed by atoms with E-state index in [1.54, 1.807) is 0 Å². The monoisotopic (exact) mass is 263 g/mol. The summed E-state index contributed by atoms with van der Waals surface area (Å²) in [7, 11) is 3.91. The highest BCUT2D eigenvalue weighted by molar-refractivity contribution is 6.30. The summed E-state index contributed by atoms with van der Waals surface area (Å²) in [6.45, 7) is 4.13. The SMILES string of the molecule is CNC(c1cc(C)cc(Cl)c1)c1c(C)cnn1C. The molecule has 96 valence electrons. The average Bonchev–Trinajstić information content (AvgIpc) is 2.61. The van der Waals surface area contributed by atoms with Gasteiger partial charge in [-0.2, -0.15) is 5.10 Å². The molecule has 1 aromatic carbocycles. The molecule has 1 unspecified atom stereocenters. The quantitative estimate of drug-likeness (QED) is 0.923. The summed E-state index contributed by atoms with van der Waals surface area (Å²) in [5.41, 5.74) is 4.67. The fourth-order valence-corrected chi connectivity index (χ4v) is 2.66. The van der Waals surface area contributed by atoms with Crippen LogP contribution in [0, 0.1) is 13.8 Å². The molecule has 0 aliphatic rings. The highest BCUT2D eigenvalue weighted by Crippen LogP contribution is 2.27. The van der Waals surface area contributed by atoms with E-state index >= 15 is 0 Å². The largest absolute Gasteiger partial charge is 0.308 e. The molecule has 1 N–H and O–H groups in total. The lowest BCUT2D eigenvalue weighted by molar-refractivity contribution is 0.603. The van der Waals surface area contributed by atoms with Crippen molar-refractivity contribution in [3.05, 3.63) is 51.8 Å². The highest BCUT2D eigenvalue weighted by Gasteiger charge is 2.18. The first-order valence-electron chi connectivity index (χ1n) is 5.95. The lowest BCUT2D eigenvalue weighted by Gasteiger charge is -2.19. The first-order chi connectivity index (χ1) is 8.52. The van der Waals surface area contributed by atoms with Gasteiger partial charge in [0, 0.05) is 12.1 Å². The first-order valence-corrected chi connectivity index (χ1v) is 6.33. The van der Waals surface area contributed by atoms with Gasteiger partial charge in [-0.05, 0) is 49.7 Å². The minimum atomic E-state index is 0.106. The number of rotatable bonds is 3. The normalized spacial score (nSPS) is 12.7.